The van der Waals surface area contributed by atoms with Gasteiger partial charge in [-0.05, 0) is 37.6 Å². The summed E-state index contributed by atoms with van der Waals surface area (Å²) in [6.07, 6.45) is 5.15. The fourth-order valence-corrected chi connectivity index (χ4v) is 3.01. The smallest absolute Gasteiger partial charge is 0.257 e. The molecule has 1 atom stereocenters. The molecule has 0 fully saturated rings. The third kappa shape index (κ3) is 3.46. The maximum Gasteiger partial charge on any atom is 0.257 e. The SMILES string of the molecule is CC(CCc1ccco1)Nc1nc(-c2ccc[nH]c2=O)cs1. The van der Waals surface area contributed by atoms with E-state index in [9.17, 15) is 4.79 Å². The second kappa shape index (κ2) is 6.62. The molecule has 0 bridgehead atoms. The normalized spacial score (nSPS) is 12.2. The lowest BCUT2D eigenvalue weighted by atomic mass is 10.1. The van der Waals surface area contributed by atoms with Crippen molar-refractivity contribution in [3.63, 3.8) is 0 Å². The van der Waals surface area contributed by atoms with Gasteiger partial charge in [-0.2, -0.15) is 0 Å². The van der Waals surface area contributed by atoms with Gasteiger partial charge in [-0.25, -0.2) is 4.98 Å². The number of aromatic nitrogens is 2. The minimum absolute atomic E-state index is 0.120. The largest absolute Gasteiger partial charge is 0.469 e. The Hall–Kier alpha value is -2.34. The predicted octanol–water partition coefficient (Wildman–Crippen LogP) is 3.52. The first-order chi connectivity index (χ1) is 10.7. The number of thiazole rings is 1. The number of aromatic amines is 1. The molecule has 0 amide bonds. The average Bonchev–Trinajstić information content (AvgIpc) is 3.17. The molecule has 3 rings (SSSR count). The maximum absolute atomic E-state index is 11.8. The van der Waals surface area contributed by atoms with Gasteiger partial charge in [0.05, 0.1) is 17.5 Å². The van der Waals surface area contributed by atoms with Crippen molar-refractivity contribution in [1.29, 1.82) is 0 Å². The molecule has 0 saturated heterocycles. The van der Waals surface area contributed by atoms with Crippen molar-refractivity contribution < 1.29 is 4.42 Å². The van der Waals surface area contributed by atoms with E-state index in [1.165, 1.54) is 11.3 Å². The molecule has 0 aromatic carbocycles. The summed E-state index contributed by atoms with van der Waals surface area (Å²) in [5, 5.41) is 6.09. The Morgan fingerprint density at radius 2 is 2.32 bits per heavy atom. The van der Waals surface area contributed by atoms with Crippen molar-refractivity contribution in [3.8, 4) is 11.3 Å². The Morgan fingerprint density at radius 3 is 3.09 bits per heavy atom. The lowest BCUT2D eigenvalue weighted by Crippen LogP contribution is -2.15. The van der Waals surface area contributed by atoms with Crippen LogP contribution < -0.4 is 10.9 Å². The van der Waals surface area contributed by atoms with Crippen molar-refractivity contribution in [2.75, 3.05) is 5.32 Å². The van der Waals surface area contributed by atoms with Crippen LogP contribution in [0.15, 0.2) is 51.3 Å². The zero-order valence-electron chi connectivity index (χ0n) is 12.2. The van der Waals surface area contributed by atoms with Gasteiger partial charge in [-0.15, -0.1) is 11.3 Å². The number of hydrogen-bond donors (Lipinski definition) is 2. The van der Waals surface area contributed by atoms with Crippen LogP contribution in [0.2, 0.25) is 0 Å². The van der Waals surface area contributed by atoms with Gasteiger partial charge in [-0.1, -0.05) is 0 Å². The zero-order chi connectivity index (χ0) is 15.4. The molecule has 22 heavy (non-hydrogen) atoms. The summed E-state index contributed by atoms with van der Waals surface area (Å²) in [5.74, 6) is 0.990. The number of nitrogens with zero attached hydrogens (tertiary/aromatic N) is 1. The summed E-state index contributed by atoms with van der Waals surface area (Å²) in [6, 6.07) is 7.74. The highest BCUT2D eigenvalue weighted by Crippen LogP contribution is 2.23. The molecule has 6 heteroatoms. The van der Waals surface area contributed by atoms with Crippen molar-refractivity contribution in [3.05, 3.63) is 58.2 Å². The number of furan rings is 1. The van der Waals surface area contributed by atoms with E-state index in [2.05, 4.69) is 22.2 Å². The van der Waals surface area contributed by atoms with Gasteiger partial charge in [0.2, 0.25) is 0 Å². The molecule has 0 aliphatic heterocycles. The van der Waals surface area contributed by atoms with Crippen molar-refractivity contribution in [1.82, 2.24) is 9.97 Å². The van der Waals surface area contributed by atoms with Crippen LogP contribution in [0.3, 0.4) is 0 Å². The second-order valence-electron chi connectivity index (χ2n) is 5.11. The van der Waals surface area contributed by atoms with E-state index < -0.39 is 0 Å². The van der Waals surface area contributed by atoms with Crippen molar-refractivity contribution in [2.45, 2.75) is 25.8 Å². The third-order valence-corrected chi connectivity index (χ3v) is 4.15. The monoisotopic (exact) mass is 315 g/mol. The summed E-state index contributed by atoms with van der Waals surface area (Å²) < 4.78 is 5.33. The lowest BCUT2D eigenvalue weighted by Gasteiger charge is -2.11. The summed E-state index contributed by atoms with van der Waals surface area (Å²) in [4.78, 5) is 18.9. The summed E-state index contributed by atoms with van der Waals surface area (Å²) in [5.41, 5.74) is 1.17. The van der Waals surface area contributed by atoms with Crippen LogP contribution in [-0.4, -0.2) is 16.0 Å². The summed E-state index contributed by atoms with van der Waals surface area (Å²) in [6.45, 7) is 2.11. The predicted molar refractivity (Wildman–Crippen MR) is 88.3 cm³/mol. The number of anilines is 1. The van der Waals surface area contributed by atoms with Gasteiger partial charge in [-0.3, -0.25) is 4.79 Å². The molecule has 1 unspecified atom stereocenters. The van der Waals surface area contributed by atoms with Gasteiger partial charge in [0, 0.05) is 24.0 Å². The van der Waals surface area contributed by atoms with E-state index in [1.807, 2.05) is 17.5 Å². The van der Waals surface area contributed by atoms with E-state index >= 15 is 0 Å². The fraction of sp³-hybridized carbons (Fsp3) is 0.250. The quantitative estimate of drug-likeness (QED) is 0.730. The highest BCUT2D eigenvalue weighted by molar-refractivity contribution is 7.14. The van der Waals surface area contributed by atoms with E-state index in [1.54, 1.807) is 24.6 Å². The summed E-state index contributed by atoms with van der Waals surface area (Å²) >= 11 is 1.51. The minimum atomic E-state index is -0.120. The van der Waals surface area contributed by atoms with Gasteiger partial charge >= 0.3 is 0 Å². The van der Waals surface area contributed by atoms with E-state index in [-0.39, 0.29) is 11.6 Å². The van der Waals surface area contributed by atoms with Crippen LogP contribution in [0.25, 0.3) is 11.3 Å². The first kappa shape index (κ1) is 14.6. The average molecular weight is 315 g/mol. The molecule has 3 aromatic rings. The highest BCUT2D eigenvalue weighted by Gasteiger charge is 2.10. The Bertz CT molecular complexity index is 777. The number of hydrogen-bond acceptors (Lipinski definition) is 5. The molecule has 114 valence electrons. The van der Waals surface area contributed by atoms with Crippen LogP contribution in [0.5, 0.6) is 0 Å². The van der Waals surface area contributed by atoms with Crippen LogP contribution in [0, 0.1) is 0 Å². The first-order valence-electron chi connectivity index (χ1n) is 7.15. The molecule has 3 heterocycles. The van der Waals surface area contributed by atoms with Crippen molar-refractivity contribution in [2.24, 2.45) is 0 Å². The topological polar surface area (TPSA) is 70.9 Å². The Labute approximate surface area is 132 Å². The fourth-order valence-electron chi connectivity index (χ4n) is 2.18. The molecule has 0 spiro atoms. The Balaban J connectivity index is 1.62. The van der Waals surface area contributed by atoms with Crippen LogP contribution in [-0.2, 0) is 6.42 Å². The minimum Gasteiger partial charge on any atom is -0.469 e. The third-order valence-electron chi connectivity index (χ3n) is 3.37. The second-order valence-corrected chi connectivity index (χ2v) is 5.97. The number of nitrogens with one attached hydrogen (secondary N) is 2. The molecule has 0 aliphatic carbocycles. The van der Waals surface area contributed by atoms with E-state index in [0.717, 1.165) is 23.7 Å². The summed E-state index contributed by atoms with van der Waals surface area (Å²) in [7, 11) is 0. The van der Waals surface area contributed by atoms with E-state index in [4.69, 9.17) is 4.42 Å². The number of rotatable bonds is 6. The van der Waals surface area contributed by atoms with Crippen LogP contribution in [0.1, 0.15) is 19.1 Å². The molecule has 0 aliphatic rings. The molecule has 0 radical (unpaired) electrons. The molecule has 2 N–H and O–H groups in total. The van der Waals surface area contributed by atoms with Gasteiger partial charge in [0.15, 0.2) is 5.13 Å². The lowest BCUT2D eigenvalue weighted by molar-refractivity contribution is 0.495. The number of aryl methyl sites for hydroxylation is 1. The number of H-pyrrole nitrogens is 1. The molecule has 0 saturated carbocycles. The molecule has 5 nitrogen and oxygen atoms in total. The Kier molecular flexibility index (Phi) is 4.39. The zero-order valence-corrected chi connectivity index (χ0v) is 13.0. The standard InChI is InChI=1S/C16H17N3O2S/c1-11(6-7-12-4-3-9-21-12)18-16-19-14(10-22-16)13-5-2-8-17-15(13)20/h2-5,8-11H,6-7H2,1H3,(H,17,20)(H,18,19). The highest BCUT2D eigenvalue weighted by atomic mass is 32.1. The first-order valence-corrected chi connectivity index (χ1v) is 8.03. The maximum atomic E-state index is 11.8. The molecular weight excluding hydrogens is 298 g/mol. The van der Waals surface area contributed by atoms with Crippen LogP contribution >= 0.6 is 11.3 Å². The van der Waals surface area contributed by atoms with Gasteiger partial charge < -0.3 is 14.7 Å². The molecule has 3 aromatic heterocycles. The van der Waals surface area contributed by atoms with Crippen LogP contribution in [0.4, 0.5) is 5.13 Å². The van der Waals surface area contributed by atoms with E-state index in [0.29, 0.717) is 11.3 Å². The Morgan fingerprint density at radius 1 is 1.41 bits per heavy atom. The van der Waals surface area contributed by atoms with Gasteiger partial charge in [0.1, 0.15) is 5.76 Å². The van der Waals surface area contributed by atoms with Crippen molar-refractivity contribution >= 4 is 16.5 Å². The molecular formula is C16H17N3O2S. The van der Waals surface area contributed by atoms with Gasteiger partial charge in [0.25, 0.3) is 5.56 Å². The number of pyridine rings is 1.